The third-order valence-electron chi connectivity index (χ3n) is 8.76. The Balaban J connectivity index is 1.58. The first-order valence-corrected chi connectivity index (χ1v) is 16.5. The summed E-state index contributed by atoms with van der Waals surface area (Å²) in [6.45, 7) is 7.14. The van der Waals surface area contributed by atoms with Gasteiger partial charge in [-0.2, -0.15) is 0 Å². The van der Waals surface area contributed by atoms with Gasteiger partial charge in [0.1, 0.15) is 5.75 Å². The minimum absolute atomic E-state index is 0.00360. The van der Waals surface area contributed by atoms with Gasteiger partial charge in [0.05, 0.1) is 37.6 Å². The number of aryl methyl sites for hydroxylation is 1. The van der Waals surface area contributed by atoms with Crippen LogP contribution in [-0.2, 0) is 28.1 Å². The van der Waals surface area contributed by atoms with Crippen molar-refractivity contribution in [1.82, 2.24) is 15.0 Å². The van der Waals surface area contributed by atoms with Gasteiger partial charge in [-0.25, -0.2) is 0 Å². The van der Waals surface area contributed by atoms with Crippen LogP contribution < -0.4 is 14.8 Å². The summed E-state index contributed by atoms with van der Waals surface area (Å²) in [4.78, 5) is 26.9. The molecule has 1 amide bonds. The maximum absolute atomic E-state index is 14.0. The zero-order chi connectivity index (χ0) is 28.8. The Bertz CT molecular complexity index is 1430. The highest BCUT2D eigenvalue weighted by Gasteiger charge is 2.66. The zero-order valence-electron chi connectivity index (χ0n) is 23.4. The molecule has 2 aliphatic rings. The lowest BCUT2D eigenvalue weighted by atomic mass is 9.82. The molecule has 5 rings (SSSR count). The Hall–Kier alpha value is -3.61. The molecule has 11 nitrogen and oxygen atoms in total. The van der Waals surface area contributed by atoms with E-state index in [-0.39, 0.29) is 35.8 Å². The molecule has 0 radical (unpaired) electrons. The number of amides is 1. The largest absolute Gasteiger partial charge is 0.497 e. The first-order valence-electron chi connectivity index (χ1n) is 13.4. The van der Waals surface area contributed by atoms with Crippen LogP contribution >= 0.6 is 0 Å². The Labute approximate surface area is 233 Å². The molecule has 2 aliphatic heterocycles. The van der Waals surface area contributed by atoms with Crippen LogP contribution in [0.25, 0.3) is 0 Å². The van der Waals surface area contributed by atoms with Crippen LogP contribution in [0.1, 0.15) is 24.6 Å². The summed E-state index contributed by atoms with van der Waals surface area (Å²) < 4.78 is 14.0. The van der Waals surface area contributed by atoms with Crippen LogP contribution in [0.5, 0.6) is 5.75 Å². The second-order valence-electron chi connectivity index (χ2n) is 11.2. The van der Waals surface area contributed by atoms with Crippen molar-refractivity contribution >= 4 is 30.5 Å². The number of likely N-dealkylation sites (N-methyl/N-ethyl adjacent to an activating group) is 1. The van der Waals surface area contributed by atoms with E-state index in [1.165, 1.54) is 17.3 Å². The fourth-order valence-electron chi connectivity index (χ4n) is 6.73. The molecule has 3 heterocycles. The smallest absolute Gasteiger partial charge is 0.269 e. The fraction of sp³-hybridized carbons (Fsp3) is 0.464. The SMILES string of the molecule is COc1ccc([Si](C)(C)[C@H]2[C@H](CCn3cc(CCO)nn3)O[C@@]3(C(=O)N(C)c4ccc([N+](=O)[O-])cc43)[C@@H]2C)cc1. The van der Waals surface area contributed by atoms with E-state index in [9.17, 15) is 20.0 Å². The van der Waals surface area contributed by atoms with Gasteiger partial charge >= 0.3 is 0 Å². The van der Waals surface area contributed by atoms with Gasteiger partial charge in [-0.1, -0.05) is 42.6 Å². The summed E-state index contributed by atoms with van der Waals surface area (Å²) in [6.07, 6.45) is 2.51. The first kappa shape index (κ1) is 27.9. The number of carbonyl (C=O) groups excluding carboxylic acids is 1. The van der Waals surface area contributed by atoms with Gasteiger partial charge in [0, 0.05) is 56.4 Å². The quantitative estimate of drug-likeness (QED) is 0.238. The molecule has 212 valence electrons. The van der Waals surface area contributed by atoms with Gasteiger partial charge in [0.2, 0.25) is 0 Å². The molecule has 0 unspecified atom stereocenters. The highest BCUT2D eigenvalue weighted by Crippen LogP contribution is 2.60. The van der Waals surface area contributed by atoms with E-state index in [4.69, 9.17) is 9.47 Å². The van der Waals surface area contributed by atoms with Gasteiger partial charge in [0.15, 0.2) is 5.60 Å². The molecule has 0 saturated carbocycles. The van der Waals surface area contributed by atoms with Crippen molar-refractivity contribution in [1.29, 1.82) is 0 Å². The Kier molecular flexibility index (Phi) is 7.27. The van der Waals surface area contributed by atoms with Crippen LogP contribution in [0.2, 0.25) is 18.6 Å². The average molecular weight is 566 g/mol. The van der Waals surface area contributed by atoms with Gasteiger partial charge in [0.25, 0.3) is 11.6 Å². The van der Waals surface area contributed by atoms with Crippen LogP contribution in [0.4, 0.5) is 11.4 Å². The lowest BCUT2D eigenvalue weighted by Crippen LogP contribution is -2.51. The molecule has 1 spiro atoms. The second kappa shape index (κ2) is 10.4. The van der Waals surface area contributed by atoms with Gasteiger partial charge in [-0.15, -0.1) is 5.10 Å². The van der Waals surface area contributed by atoms with E-state index >= 15 is 0 Å². The van der Waals surface area contributed by atoms with Crippen molar-refractivity contribution in [3.8, 4) is 5.75 Å². The molecule has 0 aliphatic carbocycles. The number of aromatic nitrogens is 3. The van der Waals surface area contributed by atoms with Crippen molar-refractivity contribution in [2.75, 3.05) is 25.7 Å². The molecule has 1 fully saturated rings. The maximum Gasteiger partial charge on any atom is 0.269 e. The second-order valence-corrected chi connectivity index (χ2v) is 15.9. The number of rotatable bonds is 9. The van der Waals surface area contributed by atoms with E-state index < -0.39 is 18.6 Å². The summed E-state index contributed by atoms with van der Waals surface area (Å²) in [5.41, 5.74) is 0.507. The van der Waals surface area contributed by atoms with Gasteiger partial charge in [-0.3, -0.25) is 19.6 Å². The Morgan fingerprint density at radius 3 is 2.60 bits per heavy atom. The molecule has 3 aromatic rings. The Morgan fingerprint density at radius 2 is 1.95 bits per heavy atom. The lowest BCUT2D eigenvalue weighted by molar-refractivity contribution is -0.385. The van der Waals surface area contributed by atoms with E-state index in [1.54, 1.807) is 29.8 Å². The normalized spacial score (nSPS) is 24.1. The van der Waals surface area contributed by atoms with Crippen LogP contribution in [0.15, 0.2) is 48.7 Å². The molecule has 1 N–H and O–H groups in total. The maximum atomic E-state index is 14.0. The van der Waals surface area contributed by atoms with Crippen molar-refractivity contribution < 1.29 is 24.3 Å². The minimum Gasteiger partial charge on any atom is -0.497 e. The Morgan fingerprint density at radius 1 is 1.23 bits per heavy atom. The number of anilines is 1. The van der Waals surface area contributed by atoms with E-state index in [1.807, 2.05) is 18.3 Å². The summed E-state index contributed by atoms with van der Waals surface area (Å²) in [7, 11) is 1.02. The molecular formula is C28H35N5O6Si. The highest BCUT2D eigenvalue weighted by atomic mass is 28.3. The summed E-state index contributed by atoms with van der Waals surface area (Å²) in [6, 6.07) is 12.7. The molecule has 2 aromatic carbocycles. The van der Waals surface area contributed by atoms with E-state index in [0.29, 0.717) is 36.3 Å². The molecule has 4 atom stereocenters. The van der Waals surface area contributed by atoms with Crippen molar-refractivity contribution in [3.05, 3.63) is 70.0 Å². The van der Waals surface area contributed by atoms with E-state index in [0.717, 1.165) is 5.75 Å². The molecule has 1 saturated heterocycles. The number of nitrogens with zero attached hydrogens (tertiary/aromatic N) is 5. The number of nitro groups is 1. The lowest BCUT2D eigenvalue weighted by Gasteiger charge is -2.37. The number of ether oxygens (including phenoxy) is 2. The number of nitro benzene ring substituents is 1. The fourth-order valence-corrected chi connectivity index (χ4v) is 10.8. The third kappa shape index (κ3) is 4.40. The van der Waals surface area contributed by atoms with E-state index in [2.05, 4.69) is 42.5 Å². The van der Waals surface area contributed by atoms with Crippen LogP contribution in [0.3, 0.4) is 0 Å². The molecule has 0 bridgehead atoms. The number of aliphatic hydroxyl groups excluding tert-OH is 1. The minimum atomic E-state index is -2.32. The third-order valence-corrected chi connectivity index (χ3v) is 13.1. The molecule has 40 heavy (non-hydrogen) atoms. The van der Waals surface area contributed by atoms with Gasteiger partial charge < -0.3 is 19.5 Å². The van der Waals surface area contributed by atoms with Crippen molar-refractivity contribution in [3.63, 3.8) is 0 Å². The average Bonchev–Trinajstić information content (AvgIpc) is 3.58. The number of aliphatic hydroxyl groups is 1. The number of non-ortho nitro benzene ring substituents is 1. The van der Waals surface area contributed by atoms with Gasteiger partial charge in [-0.05, 0) is 30.2 Å². The first-order chi connectivity index (χ1) is 19.0. The summed E-state index contributed by atoms with van der Waals surface area (Å²) in [5, 5.41) is 30.5. The predicted molar refractivity (Wildman–Crippen MR) is 152 cm³/mol. The van der Waals surface area contributed by atoms with Crippen LogP contribution in [0, 0.1) is 16.0 Å². The number of hydrogen-bond acceptors (Lipinski definition) is 8. The highest BCUT2D eigenvalue weighted by molar-refractivity contribution is 6.91. The molecule has 1 aromatic heterocycles. The van der Waals surface area contributed by atoms with Crippen LogP contribution in [-0.4, -0.2) is 65.9 Å². The number of benzene rings is 2. The predicted octanol–water partition coefficient (Wildman–Crippen LogP) is 3.01. The topological polar surface area (TPSA) is 133 Å². The van der Waals surface area contributed by atoms with Crippen molar-refractivity contribution in [2.45, 2.75) is 56.7 Å². The zero-order valence-corrected chi connectivity index (χ0v) is 24.4. The van der Waals surface area contributed by atoms with Crippen molar-refractivity contribution in [2.24, 2.45) is 5.92 Å². The number of carbonyl (C=O) groups is 1. The summed E-state index contributed by atoms with van der Waals surface area (Å²) in [5.74, 6) is 0.324. The number of fused-ring (bicyclic) bond motifs is 2. The standard InChI is InChI=1S/C28H35N5O6Si/c1-18-26(40(4,5)22-9-7-21(38-3)8-10-22)25(12-14-32-17-19(13-15-34)29-30-32)39-28(18)23-16-20(33(36)37)6-11-24(23)31(2)27(28)35/h6-11,16-18,25-26,34H,12-15H2,1-5H3/t18-,25+,26-,28+/m1/s1. The molecular weight excluding hydrogens is 530 g/mol. The number of hydrogen-bond donors (Lipinski definition) is 1. The molecule has 12 heteroatoms. The summed E-state index contributed by atoms with van der Waals surface area (Å²) >= 11 is 0. The monoisotopic (exact) mass is 565 g/mol. The number of methoxy groups -OCH3 is 1.